The molecular formula is C12H22N4O2. The first kappa shape index (κ1) is 14.6. The van der Waals surface area contributed by atoms with Gasteiger partial charge in [0, 0.05) is 25.7 Å². The number of aliphatic hydroxyl groups is 1. The molecule has 1 amide bonds. The molecule has 0 radical (unpaired) electrons. The maximum Gasteiger partial charge on any atom is 0.220 e. The summed E-state index contributed by atoms with van der Waals surface area (Å²) in [6.07, 6.45) is 4.98. The predicted octanol–water partition coefficient (Wildman–Crippen LogP) is 0.581. The number of hydrogen-bond acceptors (Lipinski definition) is 4. The van der Waals surface area contributed by atoms with E-state index in [9.17, 15) is 9.90 Å². The van der Waals surface area contributed by atoms with E-state index in [0.717, 1.165) is 6.42 Å². The number of nitrogens with one attached hydrogen (secondary N) is 1. The summed E-state index contributed by atoms with van der Waals surface area (Å²) in [4.78, 5) is 11.5. The average molecular weight is 254 g/mol. The van der Waals surface area contributed by atoms with Crippen LogP contribution in [0, 0.1) is 5.92 Å². The largest absolute Gasteiger partial charge is 0.391 e. The van der Waals surface area contributed by atoms with Crippen molar-refractivity contribution >= 4 is 5.91 Å². The molecule has 1 aromatic heterocycles. The minimum Gasteiger partial charge on any atom is -0.391 e. The minimum absolute atomic E-state index is 0.0301. The zero-order valence-electron chi connectivity index (χ0n) is 11.0. The van der Waals surface area contributed by atoms with Crippen molar-refractivity contribution in [2.45, 2.75) is 45.8 Å². The predicted molar refractivity (Wildman–Crippen MR) is 67.7 cm³/mol. The normalized spacial score (nSPS) is 14.2. The van der Waals surface area contributed by atoms with E-state index in [4.69, 9.17) is 0 Å². The van der Waals surface area contributed by atoms with Crippen LogP contribution in [0.3, 0.4) is 0 Å². The third-order valence-electron chi connectivity index (χ3n) is 3.07. The van der Waals surface area contributed by atoms with Gasteiger partial charge in [0.15, 0.2) is 0 Å². The second-order valence-corrected chi connectivity index (χ2v) is 4.53. The molecule has 6 heteroatoms. The first-order valence-electron chi connectivity index (χ1n) is 6.42. The van der Waals surface area contributed by atoms with E-state index in [-0.39, 0.29) is 11.8 Å². The molecule has 0 aliphatic carbocycles. The second kappa shape index (κ2) is 7.81. The number of amides is 1. The first-order valence-corrected chi connectivity index (χ1v) is 6.42. The van der Waals surface area contributed by atoms with Crippen molar-refractivity contribution < 1.29 is 9.90 Å². The molecule has 0 bridgehead atoms. The van der Waals surface area contributed by atoms with Gasteiger partial charge in [0.1, 0.15) is 0 Å². The van der Waals surface area contributed by atoms with E-state index < -0.39 is 6.10 Å². The smallest absolute Gasteiger partial charge is 0.220 e. The van der Waals surface area contributed by atoms with Crippen LogP contribution in [0.2, 0.25) is 0 Å². The summed E-state index contributed by atoms with van der Waals surface area (Å²) in [7, 11) is 0. The fourth-order valence-corrected chi connectivity index (χ4v) is 1.53. The molecule has 0 aromatic carbocycles. The van der Waals surface area contributed by atoms with Gasteiger partial charge in [-0.15, -0.1) is 5.10 Å². The van der Waals surface area contributed by atoms with Gasteiger partial charge in [0.25, 0.3) is 0 Å². The molecule has 2 N–H and O–H groups in total. The molecule has 1 heterocycles. The van der Waals surface area contributed by atoms with Gasteiger partial charge in [-0.1, -0.05) is 25.5 Å². The zero-order valence-corrected chi connectivity index (χ0v) is 11.0. The molecule has 0 spiro atoms. The number of carbonyl (C=O) groups is 1. The van der Waals surface area contributed by atoms with Crippen LogP contribution in [0.25, 0.3) is 0 Å². The summed E-state index contributed by atoms with van der Waals surface area (Å²) in [5, 5.41) is 20.0. The number of nitrogens with zero attached hydrogens (tertiary/aromatic N) is 3. The van der Waals surface area contributed by atoms with E-state index in [2.05, 4.69) is 15.6 Å². The molecule has 0 aliphatic heterocycles. The summed E-state index contributed by atoms with van der Waals surface area (Å²) in [6, 6.07) is 0. The Morgan fingerprint density at radius 2 is 2.33 bits per heavy atom. The summed E-state index contributed by atoms with van der Waals surface area (Å²) in [5.41, 5.74) is 0. The lowest BCUT2D eigenvalue weighted by Crippen LogP contribution is -2.35. The molecule has 0 aliphatic rings. The Kier molecular flexibility index (Phi) is 6.35. The van der Waals surface area contributed by atoms with Crippen LogP contribution in [0.15, 0.2) is 12.4 Å². The average Bonchev–Trinajstić information content (AvgIpc) is 2.88. The lowest BCUT2D eigenvalue weighted by atomic mass is 10.0. The van der Waals surface area contributed by atoms with Crippen molar-refractivity contribution in [3.05, 3.63) is 12.4 Å². The van der Waals surface area contributed by atoms with E-state index in [1.807, 2.05) is 13.8 Å². The molecule has 0 saturated carbocycles. The van der Waals surface area contributed by atoms with Crippen LogP contribution in [-0.4, -0.2) is 38.7 Å². The summed E-state index contributed by atoms with van der Waals surface area (Å²) < 4.78 is 1.70. The third-order valence-corrected chi connectivity index (χ3v) is 3.07. The Labute approximate surface area is 107 Å². The zero-order chi connectivity index (χ0) is 13.4. The van der Waals surface area contributed by atoms with Crippen molar-refractivity contribution in [3.8, 4) is 0 Å². The number of carbonyl (C=O) groups excluding carboxylic acids is 1. The Morgan fingerprint density at radius 1 is 1.56 bits per heavy atom. The standard InChI is InChI=1S/C12H22N4O2/c1-3-10(2)11(17)9-13-12(18)5-4-7-16-8-6-14-15-16/h6,8,10-11,17H,3-5,7,9H2,1-2H3,(H,13,18). The lowest BCUT2D eigenvalue weighted by Gasteiger charge is -2.17. The topological polar surface area (TPSA) is 80.0 Å². The Balaban J connectivity index is 2.10. The van der Waals surface area contributed by atoms with Crippen LogP contribution in [-0.2, 0) is 11.3 Å². The third kappa shape index (κ3) is 5.27. The first-order chi connectivity index (χ1) is 8.63. The Bertz CT molecular complexity index is 340. The molecule has 18 heavy (non-hydrogen) atoms. The van der Waals surface area contributed by atoms with Gasteiger partial charge in [-0.2, -0.15) is 0 Å². The molecule has 2 unspecified atom stereocenters. The van der Waals surface area contributed by atoms with Crippen LogP contribution in [0.5, 0.6) is 0 Å². The highest BCUT2D eigenvalue weighted by Gasteiger charge is 2.12. The van der Waals surface area contributed by atoms with Crippen molar-refractivity contribution in [2.75, 3.05) is 6.54 Å². The van der Waals surface area contributed by atoms with Crippen LogP contribution in [0.4, 0.5) is 0 Å². The molecular weight excluding hydrogens is 232 g/mol. The van der Waals surface area contributed by atoms with Crippen molar-refractivity contribution in [1.29, 1.82) is 0 Å². The van der Waals surface area contributed by atoms with Gasteiger partial charge in [0.2, 0.25) is 5.91 Å². The Hall–Kier alpha value is -1.43. The van der Waals surface area contributed by atoms with Gasteiger partial charge >= 0.3 is 0 Å². The highest BCUT2D eigenvalue weighted by atomic mass is 16.3. The summed E-state index contributed by atoms with van der Waals surface area (Å²) in [6.45, 7) is 5.01. The highest BCUT2D eigenvalue weighted by Crippen LogP contribution is 2.06. The molecule has 1 rings (SSSR count). The summed E-state index contributed by atoms with van der Waals surface area (Å²) >= 11 is 0. The van der Waals surface area contributed by atoms with Gasteiger partial charge in [-0.05, 0) is 12.3 Å². The van der Waals surface area contributed by atoms with E-state index in [0.29, 0.717) is 25.9 Å². The number of rotatable bonds is 8. The number of hydrogen-bond donors (Lipinski definition) is 2. The van der Waals surface area contributed by atoms with Crippen LogP contribution < -0.4 is 5.32 Å². The van der Waals surface area contributed by atoms with Crippen LogP contribution in [0.1, 0.15) is 33.1 Å². The highest BCUT2D eigenvalue weighted by molar-refractivity contribution is 5.75. The maximum atomic E-state index is 11.5. The van der Waals surface area contributed by atoms with Crippen molar-refractivity contribution in [2.24, 2.45) is 5.92 Å². The fraction of sp³-hybridized carbons (Fsp3) is 0.750. The van der Waals surface area contributed by atoms with Gasteiger partial charge in [0.05, 0.1) is 12.3 Å². The van der Waals surface area contributed by atoms with Crippen molar-refractivity contribution in [1.82, 2.24) is 20.3 Å². The van der Waals surface area contributed by atoms with E-state index in [1.165, 1.54) is 0 Å². The fourth-order valence-electron chi connectivity index (χ4n) is 1.53. The van der Waals surface area contributed by atoms with E-state index >= 15 is 0 Å². The number of aliphatic hydroxyl groups excluding tert-OH is 1. The molecule has 6 nitrogen and oxygen atoms in total. The maximum absolute atomic E-state index is 11.5. The van der Waals surface area contributed by atoms with Gasteiger partial charge in [-0.3, -0.25) is 9.48 Å². The molecule has 2 atom stereocenters. The Morgan fingerprint density at radius 3 is 2.94 bits per heavy atom. The lowest BCUT2D eigenvalue weighted by molar-refractivity contribution is -0.121. The molecule has 102 valence electrons. The van der Waals surface area contributed by atoms with Gasteiger partial charge < -0.3 is 10.4 Å². The van der Waals surface area contributed by atoms with Gasteiger partial charge in [-0.25, -0.2) is 0 Å². The number of aryl methyl sites for hydroxylation is 1. The quantitative estimate of drug-likeness (QED) is 0.711. The number of aromatic nitrogens is 3. The summed E-state index contributed by atoms with van der Waals surface area (Å²) in [5.74, 6) is 0.179. The second-order valence-electron chi connectivity index (χ2n) is 4.53. The SMILES string of the molecule is CCC(C)C(O)CNC(=O)CCCn1ccnn1. The monoisotopic (exact) mass is 254 g/mol. The van der Waals surface area contributed by atoms with E-state index in [1.54, 1.807) is 17.1 Å². The minimum atomic E-state index is -0.464. The van der Waals surface area contributed by atoms with Crippen molar-refractivity contribution in [3.63, 3.8) is 0 Å². The molecule has 0 fully saturated rings. The molecule has 0 saturated heterocycles. The molecule has 1 aromatic rings. The van der Waals surface area contributed by atoms with Crippen LogP contribution >= 0.6 is 0 Å².